The highest BCUT2D eigenvalue weighted by atomic mass is 16.1. The average molecular weight is 286 g/mol. The summed E-state index contributed by atoms with van der Waals surface area (Å²) < 4.78 is 1.56. The lowest BCUT2D eigenvalue weighted by atomic mass is 10.2. The zero-order valence-corrected chi connectivity index (χ0v) is 12.8. The van der Waals surface area contributed by atoms with E-state index in [-0.39, 0.29) is 5.56 Å². The van der Waals surface area contributed by atoms with Gasteiger partial charge in [0.05, 0.1) is 5.69 Å². The van der Waals surface area contributed by atoms with Crippen LogP contribution in [0.1, 0.15) is 26.3 Å². The minimum absolute atomic E-state index is 0.0238. The lowest BCUT2D eigenvalue weighted by molar-refractivity contribution is 0.461. The van der Waals surface area contributed by atoms with Crippen molar-refractivity contribution in [3.63, 3.8) is 0 Å². The molecule has 0 saturated carbocycles. The topological polar surface area (TPSA) is 59.8 Å². The predicted molar refractivity (Wildman–Crippen MR) is 83.9 cm³/mol. The number of hydrogen-bond donors (Lipinski definition) is 1. The van der Waals surface area contributed by atoms with Gasteiger partial charge in [0.15, 0.2) is 0 Å². The fourth-order valence-corrected chi connectivity index (χ4v) is 2.09. The molecule has 2 aromatic rings. The third-order valence-electron chi connectivity index (χ3n) is 3.08. The largest absolute Gasteiger partial charge is 0.313 e. The Kier molecular flexibility index (Phi) is 5.22. The van der Waals surface area contributed by atoms with Crippen molar-refractivity contribution in [2.75, 3.05) is 6.54 Å². The van der Waals surface area contributed by atoms with Gasteiger partial charge < -0.3 is 5.32 Å². The first-order chi connectivity index (χ1) is 10.1. The first-order valence-electron chi connectivity index (χ1n) is 7.35. The van der Waals surface area contributed by atoms with E-state index >= 15 is 0 Å². The van der Waals surface area contributed by atoms with Crippen LogP contribution in [0.2, 0.25) is 0 Å². The van der Waals surface area contributed by atoms with Crippen LogP contribution in [-0.2, 0) is 13.1 Å². The molecule has 0 aliphatic carbocycles. The molecule has 0 spiro atoms. The van der Waals surface area contributed by atoms with Crippen LogP contribution in [0, 0.1) is 5.92 Å². The highest BCUT2D eigenvalue weighted by Gasteiger charge is 2.11. The Labute approximate surface area is 125 Å². The molecule has 0 amide bonds. The summed E-state index contributed by atoms with van der Waals surface area (Å²) in [5.41, 5.74) is 2.23. The summed E-state index contributed by atoms with van der Waals surface area (Å²) in [5.74, 6) is 0.362. The number of nitrogens with one attached hydrogen (secondary N) is 1. The molecule has 1 N–H and O–H groups in total. The van der Waals surface area contributed by atoms with Crippen LogP contribution < -0.4 is 10.9 Å². The van der Waals surface area contributed by atoms with E-state index in [1.54, 1.807) is 10.9 Å². The van der Waals surface area contributed by atoms with Gasteiger partial charge in [-0.1, -0.05) is 26.8 Å². The number of rotatable bonds is 6. The number of pyridine rings is 1. The highest BCUT2D eigenvalue weighted by Crippen LogP contribution is 2.13. The van der Waals surface area contributed by atoms with Crippen molar-refractivity contribution in [2.45, 2.75) is 33.9 Å². The van der Waals surface area contributed by atoms with Gasteiger partial charge in [-0.15, -0.1) is 0 Å². The standard InChI is InChI=1S/C16H22N4O/c1-4-17-10-13-9-15(14-7-5-6-8-18-14)19-20(16(13)21)11-12(2)3/h5-9,12,17H,4,10-11H2,1-3H3. The van der Waals surface area contributed by atoms with E-state index in [1.165, 1.54) is 0 Å². The Morgan fingerprint density at radius 2 is 2.10 bits per heavy atom. The molecule has 5 nitrogen and oxygen atoms in total. The van der Waals surface area contributed by atoms with E-state index < -0.39 is 0 Å². The third-order valence-corrected chi connectivity index (χ3v) is 3.08. The Bertz CT molecular complexity index is 634. The normalized spacial score (nSPS) is 11.0. The molecule has 0 fully saturated rings. The molecule has 5 heteroatoms. The second kappa shape index (κ2) is 7.13. The molecular formula is C16H22N4O. The van der Waals surface area contributed by atoms with Gasteiger partial charge in [0.1, 0.15) is 5.69 Å². The van der Waals surface area contributed by atoms with E-state index in [9.17, 15) is 4.79 Å². The summed E-state index contributed by atoms with van der Waals surface area (Å²) in [6, 6.07) is 7.53. The molecule has 21 heavy (non-hydrogen) atoms. The SMILES string of the molecule is CCNCc1cc(-c2ccccn2)nn(CC(C)C)c1=O. The van der Waals surface area contributed by atoms with Gasteiger partial charge in [-0.3, -0.25) is 9.78 Å². The van der Waals surface area contributed by atoms with Crippen LogP contribution in [-0.4, -0.2) is 21.3 Å². The number of aromatic nitrogens is 3. The van der Waals surface area contributed by atoms with Gasteiger partial charge in [-0.25, -0.2) is 4.68 Å². The second-order valence-electron chi connectivity index (χ2n) is 5.43. The first kappa shape index (κ1) is 15.4. The minimum Gasteiger partial charge on any atom is -0.313 e. The van der Waals surface area contributed by atoms with Crippen LogP contribution in [0.25, 0.3) is 11.4 Å². The molecule has 0 aliphatic rings. The summed E-state index contributed by atoms with van der Waals surface area (Å²) in [4.78, 5) is 16.8. The summed E-state index contributed by atoms with van der Waals surface area (Å²) in [7, 11) is 0. The van der Waals surface area contributed by atoms with Crippen LogP contribution in [0.4, 0.5) is 0 Å². The third kappa shape index (κ3) is 3.98. The summed E-state index contributed by atoms with van der Waals surface area (Å²) >= 11 is 0. The molecule has 2 heterocycles. The first-order valence-corrected chi connectivity index (χ1v) is 7.35. The summed E-state index contributed by atoms with van der Waals surface area (Å²) in [6.45, 7) is 8.16. The van der Waals surface area contributed by atoms with Crippen molar-refractivity contribution < 1.29 is 0 Å². The number of hydrogen-bond acceptors (Lipinski definition) is 4. The molecule has 0 aliphatic heterocycles. The molecule has 0 aromatic carbocycles. The Balaban J connectivity index is 2.48. The van der Waals surface area contributed by atoms with Crippen molar-refractivity contribution >= 4 is 0 Å². The lowest BCUT2D eigenvalue weighted by Gasteiger charge is -2.12. The molecule has 2 rings (SSSR count). The maximum absolute atomic E-state index is 12.4. The smallest absolute Gasteiger partial charge is 0.271 e. The van der Waals surface area contributed by atoms with Crippen LogP contribution >= 0.6 is 0 Å². The monoisotopic (exact) mass is 286 g/mol. The van der Waals surface area contributed by atoms with Crippen molar-refractivity contribution in [2.24, 2.45) is 5.92 Å². The maximum Gasteiger partial charge on any atom is 0.271 e. The molecule has 0 unspecified atom stereocenters. The van der Waals surface area contributed by atoms with Gasteiger partial charge in [-0.05, 0) is 30.7 Å². The van der Waals surface area contributed by atoms with Crippen molar-refractivity contribution in [1.29, 1.82) is 0 Å². The van der Waals surface area contributed by atoms with E-state index in [2.05, 4.69) is 29.2 Å². The highest BCUT2D eigenvalue weighted by molar-refractivity contribution is 5.53. The quantitative estimate of drug-likeness (QED) is 0.883. The van der Waals surface area contributed by atoms with Crippen LogP contribution in [0.3, 0.4) is 0 Å². The van der Waals surface area contributed by atoms with Crippen LogP contribution in [0.15, 0.2) is 35.3 Å². The van der Waals surface area contributed by atoms with Gasteiger partial charge >= 0.3 is 0 Å². The fraction of sp³-hybridized carbons (Fsp3) is 0.438. The van der Waals surface area contributed by atoms with E-state index in [4.69, 9.17) is 0 Å². The minimum atomic E-state index is -0.0238. The zero-order chi connectivity index (χ0) is 15.2. The van der Waals surface area contributed by atoms with E-state index in [0.29, 0.717) is 19.0 Å². The number of nitrogens with zero attached hydrogens (tertiary/aromatic N) is 3. The maximum atomic E-state index is 12.4. The van der Waals surface area contributed by atoms with Gasteiger partial charge in [0.25, 0.3) is 5.56 Å². The Hall–Kier alpha value is -2.01. The Morgan fingerprint density at radius 1 is 1.29 bits per heavy atom. The lowest BCUT2D eigenvalue weighted by Crippen LogP contribution is -2.31. The molecule has 0 radical (unpaired) electrons. The molecular weight excluding hydrogens is 264 g/mol. The van der Waals surface area contributed by atoms with Crippen molar-refractivity contribution in [3.05, 3.63) is 46.4 Å². The molecule has 2 aromatic heterocycles. The fourth-order valence-electron chi connectivity index (χ4n) is 2.09. The predicted octanol–water partition coefficient (Wildman–Crippen LogP) is 2.07. The van der Waals surface area contributed by atoms with Gasteiger partial charge in [0.2, 0.25) is 0 Å². The van der Waals surface area contributed by atoms with E-state index in [0.717, 1.165) is 23.5 Å². The van der Waals surface area contributed by atoms with Crippen molar-refractivity contribution in [1.82, 2.24) is 20.1 Å². The molecule has 0 atom stereocenters. The van der Waals surface area contributed by atoms with E-state index in [1.807, 2.05) is 31.2 Å². The van der Waals surface area contributed by atoms with Gasteiger partial charge in [0, 0.05) is 24.8 Å². The second-order valence-corrected chi connectivity index (χ2v) is 5.43. The Morgan fingerprint density at radius 3 is 2.71 bits per heavy atom. The molecule has 112 valence electrons. The average Bonchev–Trinajstić information content (AvgIpc) is 2.48. The van der Waals surface area contributed by atoms with Crippen molar-refractivity contribution in [3.8, 4) is 11.4 Å². The van der Waals surface area contributed by atoms with Gasteiger partial charge in [-0.2, -0.15) is 5.10 Å². The zero-order valence-electron chi connectivity index (χ0n) is 12.8. The summed E-state index contributed by atoms with van der Waals surface area (Å²) in [5, 5.41) is 7.67. The summed E-state index contributed by atoms with van der Waals surface area (Å²) in [6.07, 6.45) is 1.73. The van der Waals surface area contributed by atoms with Crippen LogP contribution in [0.5, 0.6) is 0 Å². The molecule has 0 bridgehead atoms. The molecule has 0 saturated heterocycles.